The van der Waals surface area contributed by atoms with Gasteiger partial charge in [-0.25, -0.2) is 0 Å². The molecule has 1 saturated heterocycles. The Morgan fingerprint density at radius 1 is 1.09 bits per heavy atom. The number of aromatic nitrogens is 1. The zero-order valence-corrected chi connectivity index (χ0v) is 20.8. The van der Waals surface area contributed by atoms with Gasteiger partial charge in [-0.2, -0.15) is 0 Å². The van der Waals surface area contributed by atoms with Crippen molar-refractivity contribution in [2.75, 3.05) is 34.0 Å². The molecule has 2 aromatic heterocycles. The number of pyridine rings is 1. The van der Waals surface area contributed by atoms with E-state index < -0.39 is 0 Å². The average molecular weight is 511 g/mol. The lowest BCUT2D eigenvalue weighted by atomic mass is 10.2. The van der Waals surface area contributed by atoms with Crippen LogP contribution in [0.15, 0.2) is 65.6 Å². The van der Waals surface area contributed by atoms with Gasteiger partial charge in [0.15, 0.2) is 11.5 Å². The molecule has 0 spiro atoms. The minimum absolute atomic E-state index is 0.0743. The number of likely N-dealkylation sites (N-methyl/N-ethyl adjacent to an activating group) is 1. The number of hydrogen-bond acceptors (Lipinski definition) is 6. The Bertz CT molecular complexity index is 1450. The number of halogens is 1. The van der Waals surface area contributed by atoms with Crippen molar-refractivity contribution in [2.45, 2.75) is 6.04 Å². The molecule has 1 atom stereocenters. The lowest BCUT2D eigenvalue weighted by Gasteiger charge is -2.32. The topological polar surface area (TPSA) is 70.0 Å². The van der Waals surface area contributed by atoms with E-state index in [-0.39, 0.29) is 30.7 Å². The Kier molecular flexibility index (Phi) is 6.51. The van der Waals surface area contributed by atoms with Gasteiger partial charge in [-0.05, 0) is 42.0 Å². The van der Waals surface area contributed by atoms with Crippen molar-refractivity contribution in [2.24, 2.45) is 0 Å². The predicted octanol–water partition coefficient (Wildman–Crippen LogP) is 4.62. The first-order chi connectivity index (χ1) is 16.9. The molecule has 180 valence electrons. The first kappa shape index (κ1) is 23.4. The van der Waals surface area contributed by atoms with Crippen molar-refractivity contribution in [1.29, 1.82) is 0 Å². The van der Waals surface area contributed by atoms with Gasteiger partial charge in [-0.15, -0.1) is 11.3 Å². The third-order valence-corrected chi connectivity index (χ3v) is 7.48. The number of rotatable bonds is 6. The Morgan fingerprint density at radius 3 is 2.66 bits per heavy atom. The van der Waals surface area contributed by atoms with Crippen LogP contribution in [0.3, 0.4) is 0 Å². The maximum absolute atomic E-state index is 13.3. The summed E-state index contributed by atoms with van der Waals surface area (Å²) in [4.78, 5) is 27.8. The van der Waals surface area contributed by atoms with E-state index in [4.69, 9.17) is 25.8 Å². The molecular weight excluding hydrogens is 488 g/mol. The Labute approximate surface area is 211 Å². The Morgan fingerprint density at radius 2 is 1.89 bits per heavy atom. The Balaban J connectivity index is 1.42. The molecule has 0 N–H and O–H groups in total. The van der Waals surface area contributed by atoms with Gasteiger partial charge >= 0.3 is 0 Å². The van der Waals surface area contributed by atoms with Crippen LogP contribution in [-0.4, -0.2) is 55.4 Å². The molecule has 1 aliphatic heterocycles. The number of benzene rings is 2. The summed E-state index contributed by atoms with van der Waals surface area (Å²) < 4.78 is 19.1. The zero-order valence-electron chi connectivity index (χ0n) is 19.2. The van der Waals surface area contributed by atoms with Crippen LogP contribution in [0, 0.1) is 0 Å². The fourth-order valence-electron chi connectivity index (χ4n) is 3.96. The lowest BCUT2D eigenvalue weighted by Crippen LogP contribution is -2.49. The van der Waals surface area contributed by atoms with Crippen LogP contribution in [0.2, 0.25) is 5.02 Å². The van der Waals surface area contributed by atoms with Crippen LogP contribution in [0.25, 0.3) is 26.2 Å². The predicted molar refractivity (Wildman–Crippen MR) is 137 cm³/mol. The zero-order chi connectivity index (χ0) is 24.5. The highest BCUT2D eigenvalue weighted by molar-refractivity contribution is 7.22. The molecule has 7 nitrogen and oxygen atoms in total. The van der Waals surface area contributed by atoms with Crippen molar-refractivity contribution < 1.29 is 19.0 Å². The molecule has 4 aromatic rings. The summed E-state index contributed by atoms with van der Waals surface area (Å²) in [7, 11) is 3.29. The third kappa shape index (κ3) is 4.65. The summed E-state index contributed by atoms with van der Waals surface area (Å²) in [6.07, 6.45) is 1.76. The molecular formula is C26H23ClN2O5S. The minimum Gasteiger partial charge on any atom is -0.493 e. The molecule has 2 aromatic carbocycles. The number of nitrogens with zero attached hydrogens (tertiary/aromatic N) is 2. The second-order valence-electron chi connectivity index (χ2n) is 8.21. The number of carbonyl (C=O) groups is 1. The van der Waals surface area contributed by atoms with Crippen LogP contribution in [-0.2, 0) is 9.53 Å². The normalized spacial score (nSPS) is 16.0. The molecule has 1 fully saturated rings. The molecule has 1 aliphatic rings. The van der Waals surface area contributed by atoms with Crippen molar-refractivity contribution in [3.8, 4) is 27.6 Å². The molecule has 0 bridgehead atoms. The van der Waals surface area contributed by atoms with Gasteiger partial charge in [0, 0.05) is 34.6 Å². The van der Waals surface area contributed by atoms with Crippen LogP contribution in [0.5, 0.6) is 11.5 Å². The smallest absolute Gasteiger partial charge is 0.273 e. The van der Waals surface area contributed by atoms with Gasteiger partial charge in [-0.1, -0.05) is 23.7 Å². The number of hydrogen-bond donors (Lipinski definition) is 0. The van der Waals surface area contributed by atoms with Gasteiger partial charge in [0.2, 0.25) is 5.91 Å². The molecule has 1 unspecified atom stereocenters. The second kappa shape index (κ2) is 9.73. The Hall–Kier alpha value is -3.33. The van der Waals surface area contributed by atoms with E-state index in [2.05, 4.69) is 0 Å². The fourth-order valence-corrected chi connectivity index (χ4v) is 5.17. The molecule has 9 heteroatoms. The quantitative estimate of drug-likeness (QED) is 0.378. The van der Waals surface area contributed by atoms with Crippen LogP contribution < -0.4 is 15.0 Å². The maximum atomic E-state index is 13.3. The van der Waals surface area contributed by atoms with E-state index >= 15 is 0 Å². The van der Waals surface area contributed by atoms with Crippen molar-refractivity contribution in [1.82, 2.24) is 9.47 Å². The van der Waals surface area contributed by atoms with E-state index in [9.17, 15) is 9.59 Å². The molecule has 0 radical (unpaired) electrons. The SMILES string of the molecule is COc1cc(-n2ccc3cc(-c4ccc(Cl)cc4)sc3c2=O)ccc1OCC1COCC(=O)N1C. The number of methoxy groups -OCH3 is 1. The van der Waals surface area contributed by atoms with E-state index in [1.54, 1.807) is 42.0 Å². The van der Waals surface area contributed by atoms with Gasteiger partial charge in [0.25, 0.3) is 5.56 Å². The molecule has 0 aliphatic carbocycles. The third-order valence-electron chi connectivity index (χ3n) is 6.04. The molecule has 35 heavy (non-hydrogen) atoms. The molecule has 1 amide bonds. The number of fused-ring (bicyclic) bond motifs is 1. The standard InChI is InChI=1S/C26H23ClN2O5S/c1-28-20(13-33-15-24(28)30)14-34-21-8-7-19(12-22(21)32-2)29-10-9-17-11-23(35-25(17)26(29)31)16-3-5-18(27)6-4-16/h3-12,20H,13-15H2,1-2H3. The summed E-state index contributed by atoms with van der Waals surface area (Å²) in [6, 6.07) is 16.7. The number of carbonyl (C=O) groups excluding carboxylic acids is 1. The highest BCUT2D eigenvalue weighted by atomic mass is 35.5. The van der Waals surface area contributed by atoms with Gasteiger partial charge in [-0.3, -0.25) is 14.2 Å². The largest absolute Gasteiger partial charge is 0.493 e. The minimum atomic E-state index is -0.181. The molecule has 3 heterocycles. The first-order valence-electron chi connectivity index (χ1n) is 11.0. The monoisotopic (exact) mass is 510 g/mol. The van der Waals surface area contributed by atoms with E-state index in [0.29, 0.717) is 33.5 Å². The second-order valence-corrected chi connectivity index (χ2v) is 9.70. The van der Waals surface area contributed by atoms with Crippen LogP contribution in [0.1, 0.15) is 0 Å². The molecule has 0 saturated carbocycles. The van der Waals surface area contributed by atoms with Gasteiger partial charge in [0.05, 0.1) is 25.4 Å². The lowest BCUT2D eigenvalue weighted by molar-refractivity contribution is -0.147. The summed E-state index contributed by atoms with van der Waals surface area (Å²) in [6.45, 7) is 0.777. The van der Waals surface area contributed by atoms with Crippen molar-refractivity contribution >= 4 is 38.9 Å². The van der Waals surface area contributed by atoms with Crippen LogP contribution >= 0.6 is 22.9 Å². The van der Waals surface area contributed by atoms with E-state index in [1.807, 2.05) is 42.5 Å². The summed E-state index contributed by atoms with van der Waals surface area (Å²) >= 11 is 7.46. The van der Waals surface area contributed by atoms with E-state index in [1.165, 1.54) is 11.3 Å². The number of amides is 1. The summed E-state index contributed by atoms with van der Waals surface area (Å²) in [5.74, 6) is 0.945. The fraction of sp³-hybridized carbons (Fsp3) is 0.231. The first-order valence-corrected chi connectivity index (χ1v) is 12.2. The van der Waals surface area contributed by atoms with Crippen molar-refractivity contribution in [3.05, 3.63) is 76.2 Å². The number of thiophene rings is 1. The summed E-state index contributed by atoms with van der Waals surface area (Å²) in [5.41, 5.74) is 1.57. The maximum Gasteiger partial charge on any atom is 0.273 e. The number of ether oxygens (including phenoxy) is 3. The highest BCUT2D eigenvalue weighted by Gasteiger charge is 2.26. The average Bonchev–Trinajstić information content (AvgIpc) is 3.31. The van der Waals surface area contributed by atoms with Gasteiger partial charge in [0.1, 0.15) is 17.9 Å². The number of morpholine rings is 1. The van der Waals surface area contributed by atoms with Gasteiger partial charge < -0.3 is 19.1 Å². The van der Waals surface area contributed by atoms with Crippen LogP contribution in [0.4, 0.5) is 0 Å². The summed E-state index contributed by atoms with van der Waals surface area (Å²) in [5, 5.41) is 1.56. The van der Waals surface area contributed by atoms with E-state index in [0.717, 1.165) is 15.8 Å². The van der Waals surface area contributed by atoms with Crippen molar-refractivity contribution in [3.63, 3.8) is 0 Å². The molecule has 5 rings (SSSR count). The highest BCUT2D eigenvalue weighted by Crippen LogP contribution is 2.33.